The van der Waals surface area contributed by atoms with Gasteiger partial charge < -0.3 is 14.8 Å². The smallest absolute Gasteiger partial charge is 0.293 e. The van der Waals surface area contributed by atoms with E-state index >= 15 is 0 Å². The average molecular weight is 447 g/mol. The Morgan fingerprint density at radius 1 is 1.17 bits per heavy atom. The minimum atomic E-state index is -0.384. The second-order valence-corrected chi connectivity index (χ2v) is 7.63. The van der Waals surface area contributed by atoms with Gasteiger partial charge in [0.15, 0.2) is 6.61 Å². The van der Waals surface area contributed by atoms with Crippen LogP contribution in [0.5, 0.6) is 11.5 Å². The molecule has 9 heteroatoms. The van der Waals surface area contributed by atoms with Gasteiger partial charge in [-0.1, -0.05) is 29.8 Å². The lowest BCUT2D eigenvalue weighted by Gasteiger charge is -2.13. The summed E-state index contributed by atoms with van der Waals surface area (Å²) >= 11 is 6.73. The Balaban J connectivity index is 1.48. The highest BCUT2D eigenvalue weighted by molar-refractivity contribution is 8.18. The van der Waals surface area contributed by atoms with Gasteiger partial charge in [0.2, 0.25) is 0 Å². The number of ether oxygens (including phenoxy) is 2. The summed E-state index contributed by atoms with van der Waals surface area (Å²) in [7, 11) is 1.57. The molecule has 30 heavy (non-hydrogen) atoms. The van der Waals surface area contributed by atoms with Crippen LogP contribution >= 0.6 is 23.4 Å². The minimum Gasteiger partial charge on any atom is -0.497 e. The molecule has 0 radical (unpaired) electrons. The third-order valence-electron chi connectivity index (χ3n) is 4.11. The molecule has 0 aromatic heterocycles. The molecular formula is C21H19ClN2O5S. The lowest BCUT2D eigenvalue weighted by Crippen LogP contribution is -2.38. The summed E-state index contributed by atoms with van der Waals surface area (Å²) in [6.45, 7) is 0.0126. The van der Waals surface area contributed by atoms with Crippen LogP contribution in [0.3, 0.4) is 0 Å². The molecule has 0 bridgehead atoms. The highest BCUT2D eigenvalue weighted by Crippen LogP contribution is 2.32. The van der Waals surface area contributed by atoms with Crippen LogP contribution in [0.25, 0.3) is 6.08 Å². The molecule has 1 heterocycles. The van der Waals surface area contributed by atoms with Gasteiger partial charge in [0.25, 0.3) is 17.1 Å². The van der Waals surface area contributed by atoms with Gasteiger partial charge in [0.05, 0.1) is 12.0 Å². The fraction of sp³-hybridized carbons (Fsp3) is 0.190. The first-order valence-electron chi connectivity index (χ1n) is 9.01. The van der Waals surface area contributed by atoms with Gasteiger partial charge in [-0.05, 0) is 53.7 Å². The molecule has 1 aliphatic heterocycles. The van der Waals surface area contributed by atoms with Gasteiger partial charge in [-0.2, -0.15) is 0 Å². The summed E-state index contributed by atoms with van der Waals surface area (Å²) in [6, 6.07) is 13.9. The van der Waals surface area contributed by atoms with Crippen molar-refractivity contribution >= 4 is 46.5 Å². The Morgan fingerprint density at radius 2 is 1.93 bits per heavy atom. The van der Waals surface area contributed by atoms with E-state index in [9.17, 15) is 14.4 Å². The number of nitrogens with one attached hydrogen (secondary N) is 1. The van der Waals surface area contributed by atoms with Crippen molar-refractivity contribution in [3.8, 4) is 11.5 Å². The number of benzene rings is 2. The molecule has 0 unspecified atom stereocenters. The highest BCUT2D eigenvalue weighted by atomic mass is 35.5. The number of carbonyl (C=O) groups excluding carboxylic acids is 3. The van der Waals surface area contributed by atoms with E-state index in [1.807, 2.05) is 0 Å². The molecule has 1 saturated heterocycles. The maximum atomic E-state index is 12.5. The molecule has 0 spiro atoms. The summed E-state index contributed by atoms with van der Waals surface area (Å²) < 4.78 is 10.4. The number of rotatable bonds is 8. The van der Waals surface area contributed by atoms with Gasteiger partial charge in [-0.3, -0.25) is 19.3 Å². The normalized spacial score (nSPS) is 14.9. The average Bonchev–Trinajstić information content (AvgIpc) is 3.00. The number of carbonyl (C=O) groups is 3. The molecule has 1 aliphatic rings. The van der Waals surface area contributed by atoms with Gasteiger partial charge in [0, 0.05) is 18.1 Å². The van der Waals surface area contributed by atoms with Crippen LogP contribution in [0.15, 0.2) is 53.4 Å². The summed E-state index contributed by atoms with van der Waals surface area (Å²) in [5.41, 5.74) is 0.785. The van der Waals surface area contributed by atoms with Gasteiger partial charge in [0.1, 0.15) is 11.5 Å². The van der Waals surface area contributed by atoms with Crippen LogP contribution in [-0.4, -0.2) is 48.8 Å². The fourth-order valence-corrected chi connectivity index (χ4v) is 3.65. The zero-order valence-corrected chi connectivity index (χ0v) is 17.7. The third-order valence-corrected chi connectivity index (χ3v) is 5.25. The Kier molecular flexibility index (Phi) is 7.37. The van der Waals surface area contributed by atoms with E-state index in [-0.39, 0.29) is 36.7 Å². The molecule has 3 amide bonds. The molecule has 1 fully saturated rings. The molecule has 1 N–H and O–H groups in total. The second kappa shape index (κ2) is 10.2. The van der Waals surface area contributed by atoms with Crippen molar-refractivity contribution in [1.29, 1.82) is 0 Å². The van der Waals surface area contributed by atoms with E-state index in [1.165, 1.54) is 0 Å². The molecule has 156 valence electrons. The van der Waals surface area contributed by atoms with E-state index in [0.717, 1.165) is 22.2 Å². The lowest BCUT2D eigenvalue weighted by atomic mass is 10.2. The first kappa shape index (κ1) is 21.7. The number of thioether (sulfide) groups is 1. The van der Waals surface area contributed by atoms with Crippen LogP contribution in [-0.2, 0) is 9.59 Å². The molecule has 2 aromatic carbocycles. The maximum Gasteiger partial charge on any atom is 0.293 e. The van der Waals surface area contributed by atoms with Crippen LogP contribution in [0.2, 0.25) is 5.02 Å². The van der Waals surface area contributed by atoms with Crippen LogP contribution in [0.4, 0.5) is 4.79 Å². The number of hydrogen-bond donors (Lipinski definition) is 1. The van der Waals surface area contributed by atoms with Crippen LogP contribution < -0.4 is 14.8 Å². The fourth-order valence-electron chi connectivity index (χ4n) is 2.61. The highest BCUT2D eigenvalue weighted by Gasteiger charge is 2.34. The van der Waals surface area contributed by atoms with Crippen LogP contribution in [0, 0.1) is 0 Å². The molecule has 2 aromatic rings. The third kappa shape index (κ3) is 5.77. The molecule has 0 saturated carbocycles. The Morgan fingerprint density at radius 3 is 2.63 bits per heavy atom. The SMILES string of the molecule is COc1ccc(C=C2SC(=O)N(CCNC(=O)COc3cccc(Cl)c3)C2=O)cc1. The summed E-state index contributed by atoms with van der Waals surface area (Å²) in [5, 5.41) is 2.77. The second-order valence-electron chi connectivity index (χ2n) is 6.20. The number of halogens is 1. The van der Waals surface area contributed by atoms with E-state index in [0.29, 0.717) is 21.4 Å². The molecule has 7 nitrogen and oxygen atoms in total. The molecule has 0 aliphatic carbocycles. The van der Waals surface area contributed by atoms with Gasteiger partial charge in [-0.25, -0.2) is 0 Å². The van der Waals surface area contributed by atoms with Crippen LogP contribution in [0.1, 0.15) is 5.56 Å². The minimum absolute atomic E-state index is 0.0769. The van der Waals surface area contributed by atoms with Crippen molar-refractivity contribution in [3.05, 3.63) is 64.0 Å². The topological polar surface area (TPSA) is 84.9 Å². The van der Waals surface area contributed by atoms with Crippen molar-refractivity contribution in [1.82, 2.24) is 10.2 Å². The number of imide groups is 1. The first-order valence-corrected chi connectivity index (χ1v) is 10.2. The number of hydrogen-bond acceptors (Lipinski definition) is 6. The van der Waals surface area contributed by atoms with Crippen molar-refractivity contribution in [3.63, 3.8) is 0 Å². The van der Waals surface area contributed by atoms with E-state index < -0.39 is 0 Å². The largest absolute Gasteiger partial charge is 0.497 e. The Hall–Kier alpha value is -2.97. The predicted molar refractivity (Wildman–Crippen MR) is 116 cm³/mol. The summed E-state index contributed by atoms with van der Waals surface area (Å²) in [4.78, 5) is 38.0. The Bertz CT molecular complexity index is 978. The van der Waals surface area contributed by atoms with E-state index in [2.05, 4.69) is 5.32 Å². The number of methoxy groups -OCH3 is 1. The zero-order valence-electron chi connectivity index (χ0n) is 16.1. The van der Waals surface area contributed by atoms with E-state index in [1.54, 1.807) is 61.7 Å². The van der Waals surface area contributed by atoms with Crippen molar-refractivity contribution in [2.24, 2.45) is 0 Å². The summed E-state index contributed by atoms with van der Waals surface area (Å²) in [6.07, 6.45) is 1.65. The van der Waals surface area contributed by atoms with Crippen molar-refractivity contribution < 1.29 is 23.9 Å². The zero-order chi connectivity index (χ0) is 21.5. The van der Waals surface area contributed by atoms with Gasteiger partial charge in [-0.15, -0.1) is 0 Å². The number of amides is 3. The molecule has 0 atom stereocenters. The quantitative estimate of drug-likeness (QED) is 0.624. The van der Waals surface area contributed by atoms with Crippen molar-refractivity contribution in [2.75, 3.05) is 26.8 Å². The predicted octanol–water partition coefficient (Wildman–Crippen LogP) is 3.58. The maximum absolute atomic E-state index is 12.5. The molecule has 3 rings (SSSR count). The standard InChI is InChI=1S/C21H19ClN2O5S/c1-28-16-7-5-14(6-8-16)11-18-20(26)24(21(27)30-18)10-9-23-19(25)13-29-17-4-2-3-15(22)12-17/h2-8,11-12H,9-10,13H2,1H3,(H,23,25). The molecular weight excluding hydrogens is 428 g/mol. The van der Waals surface area contributed by atoms with E-state index in [4.69, 9.17) is 21.1 Å². The lowest BCUT2D eigenvalue weighted by molar-refractivity contribution is -0.125. The monoisotopic (exact) mass is 446 g/mol. The first-order chi connectivity index (χ1) is 14.5. The van der Waals surface area contributed by atoms with Crippen molar-refractivity contribution in [2.45, 2.75) is 0 Å². The summed E-state index contributed by atoms with van der Waals surface area (Å²) in [5.74, 6) is 0.434. The Labute approximate surface area is 183 Å². The van der Waals surface area contributed by atoms with Gasteiger partial charge >= 0.3 is 0 Å². The number of nitrogens with zero attached hydrogens (tertiary/aromatic N) is 1.